The molecule has 0 radical (unpaired) electrons. The van der Waals surface area contributed by atoms with Crippen molar-refractivity contribution in [1.82, 2.24) is 0 Å². The maximum Gasteiger partial charge on any atom is 0.0620 e. The summed E-state index contributed by atoms with van der Waals surface area (Å²) in [7, 11) is 0. The van der Waals surface area contributed by atoms with Gasteiger partial charge in [0.1, 0.15) is 0 Å². The van der Waals surface area contributed by atoms with Gasteiger partial charge in [-0.25, -0.2) is 0 Å². The van der Waals surface area contributed by atoms with Crippen molar-refractivity contribution >= 4 is 0 Å². The second-order valence-electron chi connectivity index (χ2n) is 5.70. The van der Waals surface area contributed by atoms with E-state index in [-0.39, 0.29) is 0 Å². The van der Waals surface area contributed by atoms with Gasteiger partial charge in [-0.2, -0.15) is 0 Å². The molecule has 0 saturated heterocycles. The Balaban J connectivity index is 3.91. The van der Waals surface area contributed by atoms with Crippen molar-refractivity contribution in [2.45, 2.75) is 90.3 Å². The first kappa shape index (κ1) is 15.9. The SMILES string of the molecule is CCCCC(C)(O)CCC(C)(O)CCCC. The van der Waals surface area contributed by atoms with Crippen LogP contribution < -0.4 is 0 Å². The lowest BCUT2D eigenvalue weighted by molar-refractivity contribution is -0.0126. The van der Waals surface area contributed by atoms with Crippen LogP contribution in [0.15, 0.2) is 0 Å². The maximum atomic E-state index is 10.1. The first-order chi connectivity index (χ1) is 7.33. The highest BCUT2D eigenvalue weighted by molar-refractivity contribution is 4.79. The van der Waals surface area contributed by atoms with Crippen molar-refractivity contribution in [3.63, 3.8) is 0 Å². The molecule has 0 aromatic carbocycles. The number of rotatable bonds is 9. The highest BCUT2D eigenvalue weighted by Crippen LogP contribution is 2.26. The molecule has 2 unspecified atom stereocenters. The number of hydrogen-bond donors (Lipinski definition) is 2. The molecular weight excluding hydrogens is 200 g/mol. The fourth-order valence-corrected chi connectivity index (χ4v) is 1.90. The third-order valence-electron chi connectivity index (χ3n) is 3.34. The van der Waals surface area contributed by atoms with Gasteiger partial charge in [0.15, 0.2) is 0 Å². The third kappa shape index (κ3) is 8.12. The molecule has 0 heterocycles. The quantitative estimate of drug-likeness (QED) is 0.635. The molecule has 0 bridgehead atoms. The molecule has 2 N–H and O–H groups in total. The summed E-state index contributed by atoms with van der Waals surface area (Å²) in [6.07, 6.45) is 7.42. The van der Waals surface area contributed by atoms with E-state index in [4.69, 9.17) is 0 Å². The zero-order chi connectivity index (χ0) is 12.7. The van der Waals surface area contributed by atoms with Gasteiger partial charge in [0, 0.05) is 0 Å². The van der Waals surface area contributed by atoms with Crippen LogP contribution in [0.2, 0.25) is 0 Å². The lowest BCUT2D eigenvalue weighted by Crippen LogP contribution is -2.31. The Labute approximate surface area is 101 Å². The molecule has 0 aliphatic carbocycles. The van der Waals surface area contributed by atoms with Gasteiger partial charge < -0.3 is 10.2 Å². The molecule has 0 aliphatic heterocycles. The van der Waals surface area contributed by atoms with Crippen LogP contribution in [0.4, 0.5) is 0 Å². The largest absolute Gasteiger partial charge is 0.390 e. The molecule has 0 rings (SSSR count). The van der Waals surface area contributed by atoms with E-state index in [0.29, 0.717) is 12.8 Å². The van der Waals surface area contributed by atoms with E-state index in [1.54, 1.807) is 0 Å². The second kappa shape index (κ2) is 7.29. The van der Waals surface area contributed by atoms with E-state index in [2.05, 4.69) is 13.8 Å². The molecule has 0 aromatic heterocycles. The summed E-state index contributed by atoms with van der Waals surface area (Å²) in [4.78, 5) is 0. The maximum absolute atomic E-state index is 10.1. The van der Waals surface area contributed by atoms with Gasteiger partial charge in [0.05, 0.1) is 11.2 Å². The van der Waals surface area contributed by atoms with E-state index in [0.717, 1.165) is 38.5 Å². The van der Waals surface area contributed by atoms with Gasteiger partial charge >= 0.3 is 0 Å². The summed E-state index contributed by atoms with van der Waals surface area (Å²) >= 11 is 0. The molecule has 2 atom stereocenters. The molecule has 0 amide bonds. The lowest BCUT2D eigenvalue weighted by Gasteiger charge is -2.29. The smallest absolute Gasteiger partial charge is 0.0620 e. The number of aliphatic hydroxyl groups is 2. The van der Waals surface area contributed by atoms with Gasteiger partial charge in [0.25, 0.3) is 0 Å². The first-order valence-electron chi connectivity index (χ1n) is 6.78. The van der Waals surface area contributed by atoms with Gasteiger partial charge in [-0.3, -0.25) is 0 Å². The minimum absolute atomic E-state index is 0.605. The number of hydrogen-bond acceptors (Lipinski definition) is 2. The van der Waals surface area contributed by atoms with Crippen molar-refractivity contribution in [2.75, 3.05) is 0 Å². The van der Waals surface area contributed by atoms with Gasteiger partial charge in [-0.1, -0.05) is 39.5 Å². The van der Waals surface area contributed by atoms with Crippen LogP contribution in [0.1, 0.15) is 79.1 Å². The van der Waals surface area contributed by atoms with Crippen molar-refractivity contribution < 1.29 is 10.2 Å². The summed E-state index contributed by atoms with van der Waals surface area (Å²) in [6.45, 7) is 8.04. The summed E-state index contributed by atoms with van der Waals surface area (Å²) in [5.41, 5.74) is -1.21. The molecule has 2 nitrogen and oxygen atoms in total. The van der Waals surface area contributed by atoms with Crippen LogP contribution in [-0.2, 0) is 0 Å². The van der Waals surface area contributed by atoms with Crippen molar-refractivity contribution in [3.05, 3.63) is 0 Å². The van der Waals surface area contributed by atoms with E-state index in [9.17, 15) is 10.2 Å². The highest BCUT2D eigenvalue weighted by atomic mass is 16.3. The predicted molar refractivity (Wildman–Crippen MR) is 69.5 cm³/mol. The Morgan fingerprint density at radius 3 is 1.25 bits per heavy atom. The molecule has 0 fully saturated rings. The fourth-order valence-electron chi connectivity index (χ4n) is 1.90. The van der Waals surface area contributed by atoms with E-state index < -0.39 is 11.2 Å². The molecule has 2 heteroatoms. The van der Waals surface area contributed by atoms with Gasteiger partial charge in [-0.15, -0.1) is 0 Å². The standard InChI is InChI=1S/C14H30O2/c1-5-7-9-13(3,15)11-12-14(4,16)10-8-6-2/h15-16H,5-12H2,1-4H3. The molecule has 0 aromatic rings. The average Bonchev–Trinajstić information content (AvgIpc) is 2.22. The van der Waals surface area contributed by atoms with Crippen LogP contribution in [0.3, 0.4) is 0 Å². The Bertz CT molecular complexity index is 154. The van der Waals surface area contributed by atoms with Crippen LogP contribution >= 0.6 is 0 Å². The zero-order valence-corrected chi connectivity index (χ0v) is 11.6. The van der Waals surface area contributed by atoms with Crippen molar-refractivity contribution in [1.29, 1.82) is 0 Å². The first-order valence-corrected chi connectivity index (χ1v) is 6.78. The summed E-state index contributed by atoms with van der Waals surface area (Å²) < 4.78 is 0. The Hall–Kier alpha value is -0.0800. The average molecular weight is 230 g/mol. The summed E-state index contributed by atoms with van der Waals surface area (Å²) in [5.74, 6) is 0. The second-order valence-corrected chi connectivity index (χ2v) is 5.70. The van der Waals surface area contributed by atoms with Crippen molar-refractivity contribution in [2.24, 2.45) is 0 Å². The molecule has 16 heavy (non-hydrogen) atoms. The monoisotopic (exact) mass is 230 g/mol. The Kier molecular flexibility index (Phi) is 7.25. The zero-order valence-electron chi connectivity index (χ0n) is 11.6. The summed E-state index contributed by atoms with van der Waals surface area (Å²) in [6, 6.07) is 0. The lowest BCUT2D eigenvalue weighted by atomic mass is 9.86. The Morgan fingerprint density at radius 2 is 1.00 bits per heavy atom. The third-order valence-corrected chi connectivity index (χ3v) is 3.34. The molecule has 0 spiro atoms. The van der Waals surface area contributed by atoms with Crippen LogP contribution in [0.5, 0.6) is 0 Å². The fraction of sp³-hybridized carbons (Fsp3) is 1.00. The molecule has 0 aliphatic rings. The van der Waals surface area contributed by atoms with Crippen LogP contribution in [0, 0.1) is 0 Å². The number of unbranched alkanes of at least 4 members (excludes halogenated alkanes) is 2. The van der Waals surface area contributed by atoms with Gasteiger partial charge in [-0.05, 0) is 39.5 Å². The topological polar surface area (TPSA) is 40.5 Å². The summed E-state index contributed by atoms with van der Waals surface area (Å²) in [5, 5.41) is 20.2. The molecule has 0 saturated carbocycles. The molecule has 98 valence electrons. The van der Waals surface area contributed by atoms with Crippen molar-refractivity contribution in [3.8, 4) is 0 Å². The van der Waals surface area contributed by atoms with Gasteiger partial charge in [0.2, 0.25) is 0 Å². The van der Waals surface area contributed by atoms with E-state index in [1.807, 2.05) is 13.8 Å². The Morgan fingerprint density at radius 1 is 0.688 bits per heavy atom. The predicted octanol–water partition coefficient (Wildman–Crippen LogP) is 3.65. The normalized spacial score (nSPS) is 19.1. The van der Waals surface area contributed by atoms with E-state index >= 15 is 0 Å². The minimum atomic E-state index is -0.605. The van der Waals surface area contributed by atoms with Crippen LogP contribution in [0.25, 0.3) is 0 Å². The minimum Gasteiger partial charge on any atom is -0.390 e. The highest BCUT2D eigenvalue weighted by Gasteiger charge is 2.26. The van der Waals surface area contributed by atoms with Crippen LogP contribution in [-0.4, -0.2) is 21.4 Å². The van der Waals surface area contributed by atoms with E-state index in [1.165, 1.54) is 0 Å². The molecular formula is C14H30O2.